The van der Waals surface area contributed by atoms with E-state index >= 15 is 0 Å². The second kappa shape index (κ2) is 3.12. The van der Waals surface area contributed by atoms with Gasteiger partial charge in [-0.1, -0.05) is 0 Å². The summed E-state index contributed by atoms with van der Waals surface area (Å²) >= 11 is 3.23. The molecule has 0 aliphatic rings. The first kappa shape index (κ1) is 7.69. The Morgan fingerprint density at radius 3 is 2.80 bits per heavy atom. The van der Waals surface area contributed by atoms with Crippen molar-refractivity contribution in [2.75, 3.05) is 0 Å². The number of halogens is 1. The number of rotatable bonds is 1. The SMILES string of the molecule is Cc1cc(CO)cc(Br)n1. The van der Waals surface area contributed by atoms with Gasteiger partial charge in [-0.05, 0) is 40.5 Å². The molecular weight excluding hydrogens is 194 g/mol. The number of hydrogen-bond acceptors (Lipinski definition) is 2. The summed E-state index contributed by atoms with van der Waals surface area (Å²) in [5, 5.41) is 8.74. The molecule has 0 aliphatic carbocycles. The molecule has 1 rings (SSSR count). The maximum atomic E-state index is 8.74. The fourth-order valence-electron chi connectivity index (χ4n) is 0.787. The molecular formula is C7H8BrNO. The van der Waals surface area contributed by atoms with E-state index in [9.17, 15) is 0 Å². The Morgan fingerprint density at radius 2 is 2.30 bits per heavy atom. The summed E-state index contributed by atoms with van der Waals surface area (Å²) in [6, 6.07) is 3.65. The second-order valence-corrected chi connectivity index (χ2v) is 2.91. The van der Waals surface area contributed by atoms with Crippen molar-refractivity contribution in [2.45, 2.75) is 13.5 Å². The van der Waals surface area contributed by atoms with Gasteiger partial charge < -0.3 is 5.11 Å². The van der Waals surface area contributed by atoms with Crippen LogP contribution in [0.2, 0.25) is 0 Å². The molecule has 0 aliphatic heterocycles. The maximum absolute atomic E-state index is 8.74. The lowest BCUT2D eigenvalue weighted by Crippen LogP contribution is -1.88. The average molecular weight is 202 g/mol. The van der Waals surface area contributed by atoms with Gasteiger partial charge in [0.05, 0.1) is 6.61 Å². The van der Waals surface area contributed by atoms with Crippen molar-refractivity contribution in [1.29, 1.82) is 0 Å². The summed E-state index contributed by atoms with van der Waals surface area (Å²) in [6.45, 7) is 1.96. The summed E-state index contributed by atoms with van der Waals surface area (Å²) in [5.41, 5.74) is 1.80. The lowest BCUT2D eigenvalue weighted by atomic mass is 10.2. The zero-order valence-corrected chi connectivity index (χ0v) is 7.22. The van der Waals surface area contributed by atoms with Gasteiger partial charge in [0.25, 0.3) is 0 Å². The fourth-order valence-corrected chi connectivity index (χ4v) is 1.36. The Labute approximate surface area is 68.0 Å². The fraction of sp³-hybridized carbons (Fsp3) is 0.286. The summed E-state index contributed by atoms with van der Waals surface area (Å²) < 4.78 is 0.775. The smallest absolute Gasteiger partial charge is 0.106 e. The third kappa shape index (κ3) is 1.78. The van der Waals surface area contributed by atoms with Crippen molar-refractivity contribution in [3.05, 3.63) is 28.0 Å². The number of aromatic nitrogens is 1. The van der Waals surface area contributed by atoms with Crippen LogP contribution in [0.4, 0.5) is 0 Å². The minimum Gasteiger partial charge on any atom is -0.392 e. The molecule has 2 nitrogen and oxygen atoms in total. The van der Waals surface area contributed by atoms with Gasteiger partial charge in [0, 0.05) is 5.69 Å². The lowest BCUT2D eigenvalue weighted by Gasteiger charge is -1.97. The van der Waals surface area contributed by atoms with E-state index in [2.05, 4.69) is 20.9 Å². The van der Waals surface area contributed by atoms with E-state index in [-0.39, 0.29) is 6.61 Å². The van der Waals surface area contributed by atoms with E-state index in [0.29, 0.717) is 0 Å². The largest absolute Gasteiger partial charge is 0.392 e. The Kier molecular flexibility index (Phi) is 2.40. The zero-order valence-electron chi connectivity index (χ0n) is 5.63. The summed E-state index contributed by atoms with van der Waals surface area (Å²) in [7, 11) is 0. The van der Waals surface area contributed by atoms with Crippen molar-refractivity contribution in [3.8, 4) is 0 Å². The standard InChI is InChI=1S/C7H8BrNO/c1-5-2-6(4-10)3-7(8)9-5/h2-3,10H,4H2,1H3. The number of aryl methyl sites for hydroxylation is 1. The van der Waals surface area contributed by atoms with Crippen LogP contribution in [0.3, 0.4) is 0 Å². The predicted molar refractivity (Wildman–Crippen MR) is 42.6 cm³/mol. The first-order valence-electron chi connectivity index (χ1n) is 2.96. The van der Waals surface area contributed by atoms with Gasteiger partial charge in [-0.25, -0.2) is 4.98 Å². The first-order chi connectivity index (χ1) is 4.72. The maximum Gasteiger partial charge on any atom is 0.106 e. The van der Waals surface area contributed by atoms with E-state index in [1.807, 2.05) is 13.0 Å². The van der Waals surface area contributed by atoms with Crippen LogP contribution >= 0.6 is 15.9 Å². The van der Waals surface area contributed by atoms with Crippen LogP contribution in [-0.2, 0) is 6.61 Å². The van der Waals surface area contributed by atoms with Crippen molar-refractivity contribution < 1.29 is 5.11 Å². The van der Waals surface area contributed by atoms with Crippen LogP contribution in [0.5, 0.6) is 0 Å². The number of nitrogens with zero attached hydrogens (tertiary/aromatic N) is 1. The van der Waals surface area contributed by atoms with Gasteiger partial charge in [-0.2, -0.15) is 0 Å². The quantitative estimate of drug-likeness (QED) is 0.702. The van der Waals surface area contributed by atoms with Gasteiger partial charge >= 0.3 is 0 Å². The van der Waals surface area contributed by atoms with Crippen LogP contribution in [-0.4, -0.2) is 10.1 Å². The van der Waals surface area contributed by atoms with Crippen molar-refractivity contribution in [3.63, 3.8) is 0 Å². The van der Waals surface area contributed by atoms with Crippen molar-refractivity contribution >= 4 is 15.9 Å². The van der Waals surface area contributed by atoms with Crippen LogP contribution in [0.25, 0.3) is 0 Å². The molecule has 1 aromatic heterocycles. The molecule has 0 radical (unpaired) electrons. The summed E-state index contributed by atoms with van der Waals surface area (Å²) in [5.74, 6) is 0. The number of aliphatic hydroxyl groups is 1. The molecule has 0 bridgehead atoms. The molecule has 1 N–H and O–H groups in total. The van der Waals surface area contributed by atoms with Crippen LogP contribution < -0.4 is 0 Å². The molecule has 0 saturated heterocycles. The lowest BCUT2D eigenvalue weighted by molar-refractivity contribution is 0.281. The highest BCUT2D eigenvalue weighted by molar-refractivity contribution is 9.10. The second-order valence-electron chi connectivity index (χ2n) is 2.10. The molecule has 0 fully saturated rings. The molecule has 0 atom stereocenters. The third-order valence-electron chi connectivity index (χ3n) is 1.16. The normalized spacial score (nSPS) is 9.90. The summed E-state index contributed by atoms with van der Waals surface area (Å²) in [4.78, 5) is 4.09. The monoisotopic (exact) mass is 201 g/mol. The molecule has 1 aromatic rings. The van der Waals surface area contributed by atoms with Crippen LogP contribution in [0.15, 0.2) is 16.7 Å². The van der Waals surface area contributed by atoms with Gasteiger partial charge in [-0.15, -0.1) is 0 Å². The molecule has 0 aromatic carbocycles. The van der Waals surface area contributed by atoms with Gasteiger partial charge in [0.15, 0.2) is 0 Å². The van der Waals surface area contributed by atoms with E-state index in [4.69, 9.17) is 5.11 Å². The minimum absolute atomic E-state index is 0.0714. The van der Waals surface area contributed by atoms with Gasteiger partial charge in [-0.3, -0.25) is 0 Å². The number of aliphatic hydroxyl groups excluding tert-OH is 1. The van der Waals surface area contributed by atoms with Crippen LogP contribution in [0.1, 0.15) is 11.3 Å². The summed E-state index contributed by atoms with van der Waals surface area (Å²) in [6.07, 6.45) is 0. The third-order valence-corrected chi connectivity index (χ3v) is 1.57. The van der Waals surface area contributed by atoms with Gasteiger partial charge in [0.2, 0.25) is 0 Å². The molecule has 1 heterocycles. The van der Waals surface area contributed by atoms with E-state index < -0.39 is 0 Å². The molecule has 0 spiro atoms. The predicted octanol–water partition coefficient (Wildman–Crippen LogP) is 1.64. The van der Waals surface area contributed by atoms with Crippen molar-refractivity contribution in [1.82, 2.24) is 4.98 Å². The molecule has 54 valence electrons. The Bertz CT molecular complexity index is 217. The van der Waals surface area contributed by atoms with Crippen molar-refractivity contribution in [2.24, 2.45) is 0 Å². The highest BCUT2D eigenvalue weighted by Crippen LogP contribution is 2.10. The van der Waals surface area contributed by atoms with E-state index in [1.54, 1.807) is 6.07 Å². The zero-order chi connectivity index (χ0) is 7.56. The molecule has 10 heavy (non-hydrogen) atoms. The number of hydrogen-bond donors (Lipinski definition) is 1. The van der Waals surface area contributed by atoms with E-state index in [0.717, 1.165) is 15.9 Å². The number of pyridine rings is 1. The Hall–Kier alpha value is -0.410. The highest BCUT2D eigenvalue weighted by atomic mass is 79.9. The molecule has 0 amide bonds. The average Bonchev–Trinajstić information content (AvgIpc) is 1.85. The molecule has 0 saturated carbocycles. The Morgan fingerprint density at radius 1 is 1.60 bits per heavy atom. The van der Waals surface area contributed by atoms with E-state index in [1.165, 1.54) is 0 Å². The highest BCUT2D eigenvalue weighted by Gasteiger charge is 1.94. The molecule has 0 unspecified atom stereocenters. The van der Waals surface area contributed by atoms with Gasteiger partial charge in [0.1, 0.15) is 4.60 Å². The minimum atomic E-state index is 0.0714. The first-order valence-corrected chi connectivity index (χ1v) is 3.75. The molecule has 3 heteroatoms. The van der Waals surface area contributed by atoms with Crippen LogP contribution in [0, 0.1) is 6.92 Å². The Balaban J connectivity index is 3.06. The topological polar surface area (TPSA) is 33.1 Å².